The molecule has 0 saturated carbocycles. The molecule has 0 spiro atoms. The number of hydrogen-bond donors (Lipinski definition) is 3. The topological polar surface area (TPSA) is 79.5 Å². The third-order valence-electron chi connectivity index (χ3n) is 4.71. The molecule has 0 radical (unpaired) electrons. The maximum atomic E-state index is 13.0. The maximum absolute atomic E-state index is 13.0. The lowest BCUT2D eigenvalue weighted by molar-refractivity contribution is -0.122. The quantitative estimate of drug-likeness (QED) is 0.458. The van der Waals surface area contributed by atoms with Crippen molar-refractivity contribution >= 4 is 17.7 Å². The van der Waals surface area contributed by atoms with Crippen molar-refractivity contribution in [3.63, 3.8) is 0 Å². The van der Waals surface area contributed by atoms with E-state index in [-0.39, 0.29) is 0 Å². The Morgan fingerprint density at radius 3 is 2.06 bits per heavy atom. The van der Waals surface area contributed by atoms with E-state index in [4.69, 9.17) is 4.74 Å². The monoisotopic (exact) mass is 431 g/mol. The molecular weight excluding hydrogens is 402 g/mol. The number of alkyl carbamates (subject to hydrolysis) is 1. The molecule has 6 heteroatoms. The summed E-state index contributed by atoms with van der Waals surface area (Å²) in [6.07, 6.45) is -0.662. The van der Waals surface area contributed by atoms with Crippen molar-refractivity contribution in [2.75, 3.05) is 5.43 Å². The molecular formula is C26H29N3O3. The molecule has 0 aliphatic rings. The molecule has 3 rings (SSSR count). The van der Waals surface area contributed by atoms with E-state index in [0.717, 1.165) is 22.4 Å². The van der Waals surface area contributed by atoms with Crippen molar-refractivity contribution in [2.45, 2.75) is 39.3 Å². The number of hydrazine groups is 1. The van der Waals surface area contributed by atoms with Crippen molar-refractivity contribution in [3.8, 4) is 11.1 Å². The molecule has 3 aromatic carbocycles. The minimum atomic E-state index is -0.914. The number of carbonyl (C=O) groups is 2. The van der Waals surface area contributed by atoms with Gasteiger partial charge in [0.05, 0.1) is 5.69 Å². The fourth-order valence-electron chi connectivity index (χ4n) is 3.19. The van der Waals surface area contributed by atoms with E-state index in [9.17, 15) is 9.59 Å². The smallest absolute Gasteiger partial charge is 0.408 e. The first-order valence-electron chi connectivity index (χ1n) is 10.5. The van der Waals surface area contributed by atoms with Crippen LogP contribution in [0.15, 0.2) is 78.9 Å². The number of ether oxygens (including phenoxy) is 1. The van der Waals surface area contributed by atoms with Crippen LogP contribution in [0, 0.1) is 6.92 Å². The van der Waals surface area contributed by atoms with Gasteiger partial charge >= 0.3 is 6.09 Å². The zero-order valence-electron chi connectivity index (χ0n) is 18.8. The lowest BCUT2D eigenvalue weighted by Gasteiger charge is -2.24. The van der Waals surface area contributed by atoms with Crippen molar-refractivity contribution in [1.82, 2.24) is 10.7 Å². The molecule has 6 nitrogen and oxygen atoms in total. The Morgan fingerprint density at radius 1 is 0.844 bits per heavy atom. The molecule has 2 amide bonds. The van der Waals surface area contributed by atoms with Crippen molar-refractivity contribution in [2.24, 2.45) is 0 Å². The van der Waals surface area contributed by atoms with Gasteiger partial charge in [-0.15, -0.1) is 0 Å². The number of carbonyl (C=O) groups excluding carboxylic acids is 2. The molecule has 1 unspecified atom stereocenters. The van der Waals surface area contributed by atoms with E-state index in [1.54, 1.807) is 32.9 Å². The predicted octanol–water partition coefficient (Wildman–Crippen LogP) is 5.37. The van der Waals surface area contributed by atoms with Gasteiger partial charge in [-0.3, -0.25) is 15.6 Å². The van der Waals surface area contributed by atoms with E-state index < -0.39 is 23.6 Å². The molecule has 32 heavy (non-hydrogen) atoms. The van der Waals surface area contributed by atoms with Gasteiger partial charge in [0.2, 0.25) is 0 Å². The van der Waals surface area contributed by atoms with Crippen LogP contribution in [0.3, 0.4) is 0 Å². The van der Waals surface area contributed by atoms with Crippen LogP contribution in [0.4, 0.5) is 10.5 Å². The van der Waals surface area contributed by atoms with Crippen molar-refractivity contribution in [3.05, 3.63) is 90.0 Å². The number of nitrogens with one attached hydrogen (secondary N) is 3. The van der Waals surface area contributed by atoms with Gasteiger partial charge in [-0.1, -0.05) is 66.7 Å². The Labute approximate surface area is 189 Å². The molecule has 0 heterocycles. The number of amides is 2. The lowest BCUT2D eigenvalue weighted by atomic mass is 10.0. The second-order valence-electron chi connectivity index (χ2n) is 8.50. The summed E-state index contributed by atoms with van der Waals surface area (Å²) < 4.78 is 5.33. The van der Waals surface area contributed by atoms with Gasteiger partial charge in [-0.2, -0.15) is 0 Å². The van der Waals surface area contributed by atoms with Crippen LogP contribution in [-0.2, 0) is 9.53 Å². The van der Waals surface area contributed by atoms with Gasteiger partial charge in [-0.05, 0) is 62.1 Å². The zero-order chi connectivity index (χ0) is 23.1. The highest BCUT2D eigenvalue weighted by atomic mass is 16.6. The third kappa shape index (κ3) is 6.35. The second-order valence-corrected chi connectivity index (χ2v) is 8.50. The third-order valence-corrected chi connectivity index (χ3v) is 4.71. The minimum absolute atomic E-state index is 0.409. The standard InChI is InChI=1S/C26H29N3O3/c1-18-17-21(19-11-7-5-8-12-19)15-16-22(18)28-29-24(30)23(20-13-9-6-10-14-20)27-25(31)32-26(2,3)4/h5-17,23,28H,1-4H3,(H,27,31)(H,29,30). The van der Waals surface area contributed by atoms with Crippen LogP contribution in [0.25, 0.3) is 11.1 Å². The fraction of sp³-hybridized carbons (Fsp3) is 0.231. The van der Waals surface area contributed by atoms with Crippen LogP contribution < -0.4 is 16.2 Å². The summed E-state index contributed by atoms with van der Waals surface area (Å²) in [6.45, 7) is 7.28. The summed E-state index contributed by atoms with van der Waals surface area (Å²) in [5, 5.41) is 2.66. The van der Waals surface area contributed by atoms with Crippen molar-refractivity contribution in [1.29, 1.82) is 0 Å². The predicted molar refractivity (Wildman–Crippen MR) is 127 cm³/mol. The zero-order valence-corrected chi connectivity index (χ0v) is 18.8. The molecule has 3 N–H and O–H groups in total. The summed E-state index contributed by atoms with van der Waals surface area (Å²) in [5.74, 6) is -0.409. The minimum Gasteiger partial charge on any atom is -0.444 e. The Hall–Kier alpha value is -3.80. The summed E-state index contributed by atoms with van der Waals surface area (Å²) in [7, 11) is 0. The molecule has 3 aromatic rings. The fourth-order valence-corrected chi connectivity index (χ4v) is 3.19. The summed E-state index contributed by atoms with van der Waals surface area (Å²) in [4.78, 5) is 25.3. The first-order valence-corrected chi connectivity index (χ1v) is 10.5. The molecule has 0 saturated heterocycles. The van der Waals surface area contributed by atoms with Gasteiger partial charge in [0, 0.05) is 0 Å². The summed E-state index contributed by atoms with van der Waals surface area (Å²) in [5.41, 5.74) is 9.61. The van der Waals surface area contributed by atoms with Crippen LogP contribution in [0.1, 0.15) is 37.9 Å². The largest absolute Gasteiger partial charge is 0.444 e. The lowest BCUT2D eigenvalue weighted by Crippen LogP contribution is -2.44. The normalized spacial score (nSPS) is 11.9. The van der Waals surface area contributed by atoms with Crippen LogP contribution >= 0.6 is 0 Å². The first-order chi connectivity index (χ1) is 15.2. The molecule has 166 valence electrons. The first kappa shape index (κ1) is 22.9. The Bertz CT molecular complexity index is 1060. The van der Waals surface area contributed by atoms with Gasteiger partial charge in [-0.25, -0.2) is 4.79 Å². The molecule has 0 aliphatic carbocycles. The highest BCUT2D eigenvalue weighted by Crippen LogP contribution is 2.24. The highest BCUT2D eigenvalue weighted by molar-refractivity contribution is 5.88. The average molecular weight is 432 g/mol. The van der Waals surface area contributed by atoms with E-state index in [2.05, 4.69) is 34.4 Å². The van der Waals surface area contributed by atoms with Gasteiger partial charge in [0.1, 0.15) is 11.6 Å². The number of hydrogen-bond acceptors (Lipinski definition) is 4. The second kappa shape index (κ2) is 10.0. The van der Waals surface area contributed by atoms with Crippen molar-refractivity contribution < 1.29 is 14.3 Å². The SMILES string of the molecule is Cc1cc(-c2ccccc2)ccc1NNC(=O)C(NC(=O)OC(C)(C)C)c1ccccc1. The molecule has 0 bridgehead atoms. The molecule has 0 aromatic heterocycles. The van der Waals surface area contributed by atoms with Gasteiger partial charge in [0.15, 0.2) is 0 Å². The van der Waals surface area contributed by atoms with E-state index >= 15 is 0 Å². The van der Waals surface area contributed by atoms with E-state index in [1.165, 1.54) is 0 Å². The highest BCUT2D eigenvalue weighted by Gasteiger charge is 2.25. The molecule has 0 aliphatic heterocycles. The van der Waals surface area contributed by atoms with Crippen LogP contribution in [0.5, 0.6) is 0 Å². The Morgan fingerprint density at radius 2 is 1.47 bits per heavy atom. The number of anilines is 1. The Balaban J connectivity index is 1.71. The molecule has 1 atom stereocenters. The summed E-state index contributed by atoms with van der Waals surface area (Å²) in [6, 6.07) is 24.2. The van der Waals surface area contributed by atoms with E-state index in [1.807, 2.05) is 55.5 Å². The molecule has 0 fully saturated rings. The van der Waals surface area contributed by atoms with Gasteiger partial charge in [0.25, 0.3) is 5.91 Å². The van der Waals surface area contributed by atoms with E-state index in [0.29, 0.717) is 5.56 Å². The summed E-state index contributed by atoms with van der Waals surface area (Å²) >= 11 is 0. The number of aryl methyl sites for hydroxylation is 1. The maximum Gasteiger partial charge on any atom is 0.408 e. The van der Waals surface area contributed by atoms with Crippen LogP contribution in [-0.4, -0.2) is 17.6 Å². The number of benzene rings is 3. The average Bonchev–Trinajstić information content (AvgIpc) is 2.76. The van der Waals surface area contributed by atoms with Gasteiger partial charge < -0.3 is 10.1 Å². The number of rotatable bonds is 6. The van der Waals surface area contributed by atoms with Crippen LogP contribution in [0.2, 0.25) is 0 Å². The Kier molecular flexibility index (Phi) is 7.15.